The highest BCUT2D eigenvalue weighted by Gasteiger charge is 2.40. The zero-order valence-corrected chi connectivity index (χ0v) is 11.9. The zero-order valence-electron chi connectivity index (χ0n) is 11.9. The molecule has 20 heavy (non-hydrogen) atoms. The summed E-state index contributed by atoms with van der Waals surface area (Å²) in [6, 6.07) is 11.0. The number of nitrogens with two attached hydrogens (primary N) is 1. The van der Waals surface area contributed by atoms with Crippen molar-refractivity contribution >= 4 is 5.96 Å². The maximum Gasteiger partial charge on any atom is 0.191 e. The number of guanidine groups is 1. The molecule has 0 amide bonds. The first kappa shape index (κ1) is 13.4. The molecule has 5 nitrogen and oxygen atoms in total. The van der Waals surface area contributed by atoms with E-state index in [-0.39, 0.29) is 6.10 Å². The second-order valence-electron chi connectivity index (χ2n) is 5.42. The van der Waals surface area contributed by atoms with Crippen molar-refractivity contribution in [1.29, 1.82) is 0 Å². The van der Waals surface area contributed by atoms with Crippen molar-refractivity contribution in [3.63, 3.8) is 0 Å². The van der Waals surface area contributed by atoms with Gasteiger partial charge < -0.3 is 15.4 Å². The number of likely N-dealkylation sites (tertiary alicyclic amines) is 1. The highest BCUT2D eigenvalue weighted by Crippen LogP contribution is 2.24. The Morgan fingerprint density at radius 3 is 2.90 bits per heavy atom. The molecule has 0 radical (unpaired) electrons. The minimum absolute atomic E-state index is 0.243. The third-order valence-corrected chi connectivity index (χ3v) is 4.20. The summed E-state index contributed by atoms with van der Waals surface area (Å²) in [6.07, 6.45) is 0.243. The summed E-state index contributed by atoms with van der Waals surface area (Å²) in [5, 5.41) is 0. The van der Waals surface area contributed by atoms with Crippen molar-refractivity contribution in [3.05, 3.63) is 35.9 Å². The molecule has 0 spiro atoms. The molecule has 2 N–H and O–H groups in total. The standard InChI is InChI=1S/C15H22N4O/c1-17-15(16)19-10-13-14(11-19)20-8-7-18(13)9-12-5-3-2-4-6-12/h2-6,13-14H,7-11H2,1H3,(H2,16,17). The van der Waals surface area contributed by atoms with Crippen LogP contribution in [0, 0.1) is 0 Å². The van der Waals surface area contributed by atoms with Gasteiger partial charge in [-0.3, -0.25) is 9.89 Å². The van der Waals surface area contributed by atoms with Crippen LogP contribution in [0.25, 0.3) is 0 Å². The predicted octanol–water partition coefficient (Wildman–Crippen LogP) is 0.516. The Labute approximate surface area is 120 Å². The van der Waals surface area contributed by atoms with Crippen LogP contribution < -0.4 is 5.73 Å². The second kappa shape index (κ2) is 5.81. The summed E-state index contributed by atoms with van der Waals surface area (Å²) >= 11 is 0. The molecule has 108 valence electrons. The third kappa shape index (κ3) is 2.64. The minimum atomic E-state index is 0.243. The number of nitrogens with zero attached hydrogens (tertiary/aromatic N) is 3. The summed E-state index contributed by atoms with van der Waals surface area (Å²) in [6.45, 7) is 4.50. The summed E-state index contributed by atoms with van der Waals surface area (Å²) in [4.78, 5) is 8.71. The zero-order chi connectivity index (χ0) is 13.9. The number of hydrogen-bond donors (Lipinski definition) is 1. The largest absolute Gasteiger partial charge is 0.373 e. The highest BCUT2D eigenvalue weighted by atomic mass is 16.5. The van der Waals surface area contributed by atoms with E-state index in [1.54, 1.807) is 7.05 Å². The van der Waals surface area contributed by atoms with Gasteiger partial charge in [0, 0.05) is 33.2 Å². The molecule has 0 bridgehead atoms. The molecule has 2 fully saturated rings. The van der Waals surface area contributed by atoms with Crippen LogP contribution in [0.1, 0.15) is 5.56 Å². The Balaban J connectivity index is 1.70. The van der Waals surface area contributed by atoms with Gasteiger partial charge in [0.2, 0.25) is 0 Å². The minimum Gasteiger partial charge on any atom is -0.373 e. The Kier molecular flexibility index (Phi) is 3.89. The topological polar surface area (TPSA) is 54.1 Å². The van der Waals surface area contributed by atoms with Gasteiger partial charge >= 0.3 is 0 Å². The average molecular weight is 274 g/mol. The third-order valence-electron chi connectivity index (χ3n) is 4.20. The van der Waals surface area contributed by atoms with Crippen LogP contribution >= 0.6 is 0 Å². The first-order valence-corrected chi connectivity index (χ1v) is 7.14. The van der Waals surface area contributed by atoms with E-state index in [4.69, 9.17) is 10.5 Å². The van der Waals surface area contributed by atoms with Crippen molar-refractivity contribution in [2.75, 3.05) is 33.3 Å². The van der Waals surface area contributed by atoms with Crippen molar-refractivity contribution in [3.8, 4) is 0 Å². The fourth-order valence-electron chi connectivity index (χ4n) is 3.10. The Morgan fingerprint density at radius 1 is 1.35 bits per heavy atom. The van der Waals surface area contributed by atoms with Crippen LogP contribution in [0.3, 0.4) is 0 Å². The Hall–Kier alpha value is -1.59. The molecular weight excluding hydrogens is 252 g/mol. The van der Waals surface area contributed by atoms with E-state index in [0.29, 0.717) is 12.0 Å². The molecule has 3 rings (SSSR count). The number of morpholine rings is 1. The Morgan fingerprint density at radius 2 is 2.15 bits per heavy atom. The van der Waals surface area contributed by atoms with Crippen molar-refractivity contribution in [2.24, 2.45) is 10.7 Å². The maximum atomic E-state index is 5.93. The van der Waals surface area contributed by atoms with E-state index in [2.05, 4.69) is 45.1 Å². The fourth-order valence-corrected chi connectivity index (χ4v) is 3.10. The molecule has 5 heteroatoms. The van der Waals surface area contributed by atoms with Crippen LogP contribution in [-0.2, 0) is 11.3 Å². The SMILES string of the molecule is CN=C(N)N1CC2OCCN(Cc3ccccc3)C2C1. The average Bonchev–Trinajstić information content (AvgIpc) is 2.93. The van der Waals surface area contributed by atoms with Crippen molar-refractivity contribution < 1.29 is 4.74 Å². The predicted molar refractivity (Wildman–Crippen MR) is 79.5 cm³/mol. The fraction of sp³-hybridized carbons (Fsp3) is 0.533. The van der Waals surface area contributed by atoms with Gasteiger partial charge in [0.05, 0.1) is 18.8 Å². The molecule has 0 saturated carbocycles. The van der Waals surface area contributed by atoms with Crippen LogP contribution in [-0.4, -0.2) is 61.2 Å². The lowest BCUT2D eigenvalue weighted by Crippen LogP contribution is -2.50. The monoisotopic (exact) mass is 274 g/mol. The van der Waals surface area contributed by atoms with Gasteiger partial charge in [-0.15, -0.1) is 0 Å². The van der Waals surface area contributed by atoms with Gasteiger partial charge in [-0.25, -0.2) is 0 Å². The van der Waals surface area contributed by atoms with E-state index in [9.17, 15) is 0 Å². The molecule has 0 aromatic heterocycles. The van der Waals surface area contributed by atoms with Gasteiger partial charge in [0.1, 0.15) is 0 Å². The first-order chi connectivity index (χ1) is 9.78. The molecule has 2 aliphatic heterocycles. The molecule has 1 aromatic rings. The quantitative estimate of drug-likeness (QED) is 0.631. The van der Waals surface area contributed by atoms with E-state index in [1.807, 2.05) is 0 Å². The van der Waals surface area contributed by atoms with Gasteiger partial charge in [-0.05, 0) is 5.56 Å². The van der Waals surface area contributed by atoms with Gasteiger partial charge in [0.15, 0.2) is 5.96 Å². The molecule has 2 saturated heterocycles. The maximum absolute atomic E-state index is 5.93. The molecular formula is C15H22N4O. The highest BCUT2D eigenvalue weighted by molar-refractivity contribution is 5.78. The van der Waals surface area contributed by atoms with E-state index in [0.717, 1.165) is 32.8 Å². The number of ether oxygens (including phenoxy) is 1. The summed E-state index contributed by atoms with van der Waals surface area (Å²) in [5.41, 5.74) is 7.28. The first-order valence-electron chi connectivity index (χ1n) is 7.14. The van der Waals surface area contributed by atoms with Gasteiger partial charge in [0.25, 0.3) is 0 Å². The number of benzene rings is 1. The van der Waals surface area contributed by atoms with E-state index < -0.39 is 0 Å². The lowest BCUT2D eigenvalue weighted by molar-refractivity contribution is -0.0502. The van der Waals surface area contributed by atoms with E-state index >= 15 is 0 Å². The summed E-state index contributed by atoms with van der Waals surface area (Å²) in [5.74, 6) is 0.614. The number of fused-ring (bicyclic) bond motifs is 1. The van der Waals surface area contributed by atoms with Gasteiger partial charge in [-0.2, -0.15) is 0 Å². The van der Waals surface area contributed by atoms with E-state index in [1.165, 1.54) is 5.56 Å². The van der Waals surface area contributed by atoms with Crippen LogP contribution in [0.5, 0.6) is 0 Å². The van der Waals surface area contributed by atoms with Crippen LogP contribution in [0.15, 0.2) is 35.3 Å². The second-order valence-corrected chi connectivity index (χ2v) is 5.42. The molecule has 2 heterocycles. The summed E-state index contributed by atoms with van der Waals surface area (Å²) in [7, 11) is 1.74. The lowest BCUT2D eigenvalue weighted by Gasteiger charge is -2.36. The normalized spacial score (nSPS) is 27.6. The molecule has 2 unspecified atom stereocenters. The number of aliphatic imine (C=N–C) groups is 1. The van der Waals surface area contributed by atoms with Crippen LogP contribution in [0.2, 0.25) is 0 Å². The van der Waals surface area contributed by atoms with Crippen molar-refractivity contribution in [2.45, 2.75) is 18.7 Å². The summed E-state index contributed by atoms with van der Waals surface area (Å²) < 4.78 is 5.90. The molecule has 0 aliphatic carbocycles. The Bertz CT molecular complexity index is 476. The molecule has 1 aromatic carbocycles. The smallest absolute Gasteiger partial charge is 0.191 e. The van der Waals surface area contributed by atoms with Crippen molar-refractivity contribution in [1.82, 2.24) is 9.80 Å². The number of rotatable bonds is 2. The molecule has 2 aliphatic rings. The number of hydrogen-bond acceptors (Lipinski definition) is 3. The van der Waals surface area contributed by atoms with Gasteiger partial charge in [-0.1, -0.05) is 30.3 Å². The molecule has 2 atom stereocenters. The van der Waals surface area contributed by atoms with Crippen LogP contribution in [0.4, 0.5) is 0 Å². The lowest BCUT2D eigenvalue weighted by atomic mass is 10.1.